The van der Waals surface area contributed by atoms with E-state index in [-0.39, 0.29) is 0 Å². The van der Waals surface area contributed by atoms with Gasteiger partial charge in [0.15, 0.2) is 0 Å². The van der Waals surface area contributed by atoms with Crippen LogP contribution in [0.4, 0.5) is 5.82 Å². The highest BCUT2D eigenvalue weighted by molar-refractivity contribution is 7.85. The predicted molar refractivity (Wildman–Crippen MR) is 71.9 cm³/mol. The smallest absolute Gasteiger partial charge is 0.126 e. The van der Waals surface area contributed by atoms with E-state index in [1.54, 1.807) is 0 Å². The van der Waals surface area contributed by atoms with Gasteiger partial charge in [0.25, 0.3) is 0 Å². The summed E-state index contributed by atoms with van der Waals surface area (Å²) in [6.45, 7) is 2.44. The van der Waals surface area contributed by atoms with Crippen LogP contribution in [0, 0.1) is 0 Å². The number of halogens is 1. The van der Waals surface area contributed by atoms with Crippen LogP contribution in [-0.2, 0) is 17.3 Å². The van der Waals surface area contributed by atoms with E-state index in [2.05, 4.69) is 15.2 Å². The summed E-state index contributed by atoms with van der Waals surface area (Å²) in [6.07, 6.45) is 0. The lowest BCUT2D eigenvalue weighted by atomic mass is 10.3. The molecule has 0 radical (unpaired) electrons. The molecule has 0 unspecified atom stereocenters. The van der Waals surface area contributed by atoms with Crippen LogP contribution in [0.5, 0.6) is 0 Å². The van der Waals surface area contributed by atoms with Crippen LogP contribution < -0.4 is 5.32 Å². The first-order valence-corrected chi connectivity index (χ1v) is 7.46. The minimum atomic E-state index is -0.638. The molecule has 0 atom stereocenters. The van der Waals surface area contributed by atoms with E-state index in [1.165, 1.54) is 0 Å². The summed E-state index contributed by atoms with van der Waals surface area (Å²) < 4.78 is 11.3. The Morgan fingerprint density at radius 3 is 2.82 bits per heavy atom. The van der Waals surface area contributed by atoms with Crippen molar-refractivity contribution in [2.45, 2.75) is 6.54 Å². The minimum absolute atomic E-state index is 0.638. The summed E-state index contributed by atoms with van der Waals surface area (Å²) in [7, 11) is 1.20. The van der Waals surface area contributed by atoms with Gasteiger partial charge in [-0.3, -0.25) is 9.11 Å². The van der Waals surface area contributed by atoms with Crippen molar-refractivity contribution in [3.05, 3.63) is 22.8 Å². The van der Waals surface area contributed by atoms with Crippen LogP contribution in [0.25, 0.3) is 0 Å². The van der Waals surface area contributed by atoms with Crippen LogP contribution in [0.2, 0.25) is 5.02 Å². The van der Waals surface area contributed by atoms with Crippen molar-refractivity contribution >= 4 is 28.2 Å². The van der Waals surface area contributed by atoms with Crippen LogP contribution in [0.3, 0.4) is 0 Å². The van der Waals surface area contributed by atoms with Crippen molar-refractivity contribution in [3.8, 4) is 0 Å². The third kappa shape index (κ3) is 3.40. The van der Waals surface area contributed by atoms with E-state index in [0.717, 1.165) is 42.7 Å². The predicted octanol–water partition coefficient (Wildman–Crippen LogP) is 1.34. The maximum atomic E-state index is 11.3. The van der Waals surface area contributed by atoms with E-state index in [4.69, 9.17) is 11.6 Å². The van der Waals surface area contributed by atoms with Crippen LogP contribution >= 0.6 is 11.6 Å². The number of hydrogen-bond acceptors (Lipinski definition) is 4. The zero-order valence-electron chi connectivity index (χ0n) is 9.78. The zero-order chi connectivity index (χ0) is 12.3. The average molecular weight is 274 g/mol. The van der Waals surface area contributed by atoms with Gasteiger partial charge in [0.1, 0.15) is 5.82 Å². The first-order valence-electron chi connectivity index (χ1n) is 5.59. The Morgan fingerprint density at radius 2 is 2.18 bits per heavy atom. The maximum absolute atomic E-state index is 11.3. The number of hydrogen-bond donors (Lipinski definition) is 1. The Kier molecular flexibility index (Phi) is 4.36. The molecule has 1 aliphatic rings. The molecule has 6 heteroatoms. The van der Waals surface area contributed by atoms with E-state index in [1.807, 2.05) is 19.2 Å². The molecule has 0 spiro atoms. The second kappa shape index (κ2) is 5.80. The second-order valence-corrected chi connectivity index (χ2v) is 6.10. The number of aromatic nitrogens is 1. The highest BCUT2D eigenvalue weighted by Crippen LogP contribution is 2.18. The van der Waals surface area contributed by atoms with Crippen LogP contribution in [-0.4, -0.2) is 45.7 Å². The highest BCUT2D eigenvalue weighted by atomic mass is 35.5. The van der Waals surface area contributed by atoms with Crippen LogP contribution in [0.1, 0.15) is 5.69 Å². The van der Waals surface area contributed by atoms with Gasteiger partial charge in [-0.05, 0) is 12.1 Å². The SMILES string of the molecule is CNc1ccc(Cl)c(CN2CCS(=O)CC2)n1. The lowest BCUT2D eigenvalue weighted by Crippen LogP contribution is -2.37. The molecule has 17 heavy (non-hydrogen) atoms. The number of anilines is 1. The highest BCUT2D eigenvalue weighted by Gasteiger charge is 2.16. The van der Waals surface area contributed by atoms with E-state index in [9.17, 15) is 4.21 Å². The molecule has 1 aromatic heterocycles. The first-order chi connectivity index (χ1) is 8.19. The van der Waals surface area contributed by atoms with Gasteiger partial charge in [0, 0.05) is 49.0 Å². The van der Waals surface area contributed by atoms with Gasteiger partial charge in [-0.2, -0.15) is 0 Å². The molecule has 0 aromatic carbocycles. The number of pyridine rings is 1. The zero-order valence-corrected chi connectivity index (χ0v) is 11.4. The fourth-order valence-corrected chi connectivity index (χ4v) is 3.07. The molecule has 2 rings (SSSR count). The molecule has 1 aliphatic heterocycles. The standard InChI is InChI=1S/C11H16ClN3OS/c1-13-11-3-2-9(12)10(14-11)8-15-4-6-17(16)7-5-15/h2-3H,4-8H2,1H3,(H,13,14). The molecule has 1 aromatic rings. The summed E-state index contributed by atoms with van der Waals surface area (Å²) in [5.74, 6) is 2.33. The minimum Gasteiger partial charge on any atom is -0.373 e. The Labute approximate surface area is 109 Å². The second-order valence-electron chi connectivity index (χ2n) is 4.00. The van der Waals surface area contributed by atoms with E-state index in [0.29, 0.717) is 5.02 Å². The Balaban J connectivity index is 2.04. The molecule has 1 N–H and O–H groups in total. The molecule has 0 aliphatic carbocycles. The summed E-state index contributed by atoms with van der Waals surface area (Å²) in [5, 5.41) is 3.69. The van der Waals surface area contributed by atoms with Gasteiger partial charge in [0.05, 0.1) is 10.7 Å². The summed E-state index contributed by atoms with van der Waals surface area (Å²) in [6, 6.07) is 3.72. The van der Waals surface area contributed by atoms with Crippen molar-refractivity contribution in [1.29, 1.82) is 0 Å². The molecule has 4 nitrogen and oxygen atoms in total. The summed E-state index contributed by atoms with van der Waals surface area (Å²) in [4.78, 5) is 6.69. The lowest BCUT2D eigenvalue weighted by Gasteiger charge is -2.26. The topological polar surface area (TPSA) is 45.2 Å². The molecule has 0 amide bonds. The third-order valence-corrected chi connectivity index (χ3v) is 4.44. The molecule has 2 heterocycles. The molecular formula is C11H16ClN3OS. The van der Waals surface area contributed by atoms with Gasteiger partial charge in [-0.1, -0.05) is 11.6 Å². The molecule has 0 bridgehead atoms. The van der Waals surface area contributed by atoms with Gasteiger partial charge in [-0.25, -0.2) is 4.98 Å². The van der Waals surface area contributed by atoms with Crippen LogP contribution in [0.15, 0.2) is 12.1 Å². The molecule has 1 saturated heterocycles. The lowest BCUT2D eigenvalue weighted by molar-refractivity contribution is 0.288. The monoisotopic (exact) mass is 273 g/mol. The van der Waals surface area contributed by atoms with Crippen molar-refractivity contribution in [2.24, 2.45) is 0 Å². The molecule has 1 fully saturated rings. The number of nitrogens with one attached hydrogen (secondary N) is 1. The van der Waals surface area contributed by atoms with Crippen molar-refractivity contribution in [1.82, 2.24) is 9.88 Å². The molecule has 94 valence electrons. The quantitative estimate of drug-likeness (QED) is 0.903. The van der Waals surface area contributed by atoms with Gasteiger partial charge >= 0.3 is 0 Å². The first kappa shape index (κ1) is 12.8. The molecule has 0 saturated carbocycles. The Bertz CT molecular complexity index is 417. The Morgan fingerprint density at radius 1 is 1.47 bits per heavy atom. The van der Waals surface area contributed by atoms with Crippen molar-refractivity contribution < 1.29 is 4.21 Å². The van der Waals surface area contributed by atoms with E-state index < -0.39 is 10.8 Å². The summed E-state index contributed by atoms with van der Waals surface area (Å²) >= 11 is 6.12. The van der Waals surface area contributed by atoms with Crippen molar-refractivity contribution in [3.63, 3.8) is 0 Å². The maximum Gasteiger partial charge on any atom is 0.126 e. The van der Waals surface area contributed by atoms with Gasteiger partial charge in [0.2, 0.25) is 0 Å². The summed E-state index contributed by atoms with van der Waals surface area (Å²) in [5.41, 5.74) is 0.881. The van der Waals surface area contributed by atoms with Crippen molar-refractivity contribution in [2.75, 3.05) is 37.0 Å². The normalized spacial score (nSPS) is 18.2. The third-order valence-electron chi connectivity index (χ3n) is 2.82. The largest absolute Gasteiger partial charge is 0.373 e. The van der Waals surface area contributed by atoms with Gasteiger partial charge < -0.3 is 5.32 Å². The van der Waals surface area contributed by atoms with Gasteiger partial charge in [-0.15, -0.1) is 0 Å². The fourth-order valence-electron chi connectivity index (χ4n) is 1.78. The Hall–Kier alpha value is -0.650. The average Bonchev–Trinajstić information content (AvgIpc) is 2.35. The fraction of sp³-hybridized carbons (Fsp3) is 0.545. The number of rotatable bonds is 3. The molecular weight excluding hydrogens is 258 g/mol. The number of nitrogens with zero attached hydrogens (tertiary/aromatic N) is 2. The van der Waals surface area contributed by atoms with E-state index >= 15 is 0 Å².